The van der Waals surface area contributed by atoms with Crippen LogP contribution in [0.3, 0.4) is 0 Å². The molecule has 0 aliphatic heterocycles. The minimum Gasteiger partial charge on any atom is -0.426 e. The fourth-order valence-corrected chi connectivity index (χ4v) is 2.68. The van der Waals surface area contributed by atoms with Gasteiger partial charge in [-0.05, 0) is 36.4 Å². The summed E-state index contributed by atoms with van der Waals surface area (Å²) in [6.45, 7) is 1.70. The van der Waals surface area contributed by atoms with Gasteiger partial charge in [0.1, 0.15) is 5.75 Å². The first-order chi connectivity index (χ1) is 11.9. The third kappa shape index (κ3) is 5.56. The SMILES string of the molecule is CCC(=O)Oc1ccc(Br)cc1/C=N/NC(=O)c1ccc(Cl)cc1Cl. The van der Waals surface area contributed by atoms with Crippen LogP contribution >= 0.6 is 39.1 Å². The number of ether oxygens (including phenoxy) is 1. The molecular weight excluding hydrogens is 431 g/mol. The predicted molar refractivity (Wildman–Crippen MR) is 102 cm³/mol. The number of amides is 1. The fraction of sp³-hybridized carbons (Fsp3) is 0.118. The summed E-state index contributed by atoms with van der Waals surface area (Å²) in [5.41, 5.74) is 3.14. The molecule has 2 rings (SSSR count). The van der Waals surface area contributed by atoms with Gasteiger partial charge < -0.3 is 4.74 Å². The molecule has 0 aliphatic rings. The van der Waals surface area contributed by atoms with Gasteiger partial charge in [0, 0.05) is 21.5 Å². The number of halogens is 3. The van der Waals surface area contributed by atoms with Crippen LogP contribution in [0.5, 0.6) is 5.75 Å². The molecule has 0 spiro atoms. The lowest BCUT2D eigenvalue weighted by Crippen LogP contribution is -2.18. The van der Waals surface area contributed by atoms with Crippen molar-refractivity contribution >= 4 is 57.2 Å². The van der Waals surface area contributed by atoms with E-state index in [0.29, 0.717) is 16.3 Å². The van der Waals surface area contributed by atoms with Crippen LogP contribution in [0.2, 0.25) is 10.0 Å². The maximum absolute atomic E-state index is 12.1. The molecule has 130 valence electrons. The summed E-state index contributed by atoms with van der Waals surface area (Å²) in [6, 6.07) is 9.62. The number of esters is 1. The van der Waals surface area contributed by atoms with Gasteiger partial charge in [-0.2, -0.15) is 5.10 Å². The van der Waals surface area contributed by atoms with Crippen molar-refractivity contribution in [3.8, 4) is 5.75 Å². The summed E-state index contributed by atoms with van der Waals surface area (Å²) >= 11 is 15.1. The van der Waals surface area contributed by atoms with E-state index < -0.39 is 5.91 Å². The van der Waals surface area contributed by atoms with Gasteiger partial charge in [-0.1, -0.05) is 46.1 Å². The van der Waals surface area contributed by atoms with Crippen LogP contribution in [0.25, 0.3) is 0 Å². The van der Waals surface area contributed by atoms with E-state index in [1.54, 1.807) is 31.2 Å². The number of hydrogen-bond donors (Lipinski definition) is 1. The van der Waals surface area contributed by atoms with E-state index in [0.717, 1.165) is 4.47 Å². The molecule has 0 radical (unpaired) electrons. The lowest BCUT2D eigenvalue weighted by atomic mass is 10.2. The Morgan fingerprint density at radius 2 is 2.00 bits per heavy atom. The maximum Gasteiger partial charge on any atom is 0.310 e. The number of carbonyl (C=O) groups excluding carboxylic acids is 2. The molecule has 0 bridgehead atoms. The summed E-state index contributed by atoms with van der Waals surface area (Å²) in [6.07, 6.45) is 1.63. The second-order valence-corrected chi connectivity index (χ2v) is 6.59. The molecule has 0 aliphatic carbocycles. The number of carbonyl (C=O) groups is 2. The predicted octanol–water partition coefficient (Wildman–Crippen LogP) is 4.84. The average Bonchev–Trinajstić information content (AvgIpc) is 2.56. The van der Waals surface area contributed by atoms with Gasteiger partial charge in [0.2, 0.25) is 0 Å². The molecule has 2 aromatic carbocycles. The summed E-state index contributed by atoms with van der Waals surface area (Å²) in [4.78, 5) is 23.6. The van der Waals surface area contributed by atoms with Gasteiger partial charge in [-0.3, -0.25) is 9.59 Å². The molecule has 1 N–H and O–H groups in total. The van der Waals surface area contributed by atoms with Crippen molar-refractivity contribution < 1.29 is 14.3 Å². The highest BCUT2D eigenvalue weighted by Gasteiger charge is 2.10. The lowest BCUT2D eigenvalue weighted by molar-refractivity contribution is -0.134. The molecule has 0 atom stereocenters. The zero-order chi connectivity index (χ0) is 18.4. The maximum atomic E-state index is 12.1. The molecule has 0 aromatic heterocycles. The van der Waals surface area contributed by atoms with Crippen LogP contribution in [0.15, 0.2) is 46.0 Å². The number of nitrogens with zero attached hydrogens (tertiary/aromatic N) is 1. The van der Waals surface area contributed by atoms with Gasteiger partial charge in [0.05, 0.1) is 16.8 Å². The zero-order valence-electron chi connectivity index (χ0n) is 13.1. The Bertz CT molecular complexity index is 841. The first-order valence-corrected chi connectivity index (χ1v) is 8.74. The van der Waals surface area contributed by atoms with Crippen LogP contribution in [0.4, 0.5) is 0 Å². The minimum absolute atomic E-state index is 0.222. The Hall–Kier alpha value is -1.89. The van der Waals surface area contributed by atoms with Crippen LogP contribution in [0, 0.1) is 0 Å². The summed E-state index contributed by atoms with van der Waals surface area (Å²) in [5.74, 6) is -0.508. The summed E-state index contributed by atoms with van der Waals surface area (Å²) < 4.78 is 6.00. The molecule has 8 heteroatoms. The Morgan fingerprint density at radius 1 is 1.24 bits per heavy atom. The van der Waals surface area contributed by atoms with Crippen LogP contribution < -0.4 is 10.2 Å². The molecule has 2 aromatic rings. The van der Waals surface area contributed by atoms with Crippen molar-refractivity contribution in [2.45, 2.75) is 13.3 Å². The lowest BCUT2D eigenvalue weighted by Gasteiger charge is -2.07. The van der Waals surface area contributed by atoms with Crippen molar-refractivity contribution in [3.63, 3.8) is 0 Å². The van der Waals surface area contributed by atoms with Gasteiger partial charge in [-0.15, -0.1) is 0 Å². The average molecular weight is 444 g/mol. The Morgan fingerprint density at radius 3 is 2.68 bits per heavy atom. The van der Waals surface area contributed by atoms with Crippen LogP contribution in [-0.4, -0.2) is 18.1 Å². The quantitative estimate of drug-likeness (QED) is 0.311. The number of nitrogens with one attached hydrogen (secondary N) is 1. The normalized spacial score (nSPS) is 10.7. The Balaban J connectivity index is 2.14. The second kappa shape index (κ2) is 8.99. The van der Waals surface area contributed by atoms with Crippen molar-refractivity contribution in [1.82, 2.24) is 5.43 Å². The second-order valence-electron chi connectivity index (χ2n) is 4.83. The fourth-order valence-electron chi connectivity index (χ4n) is 1.80. The number of hydrazone groups is 1. The molecule has 0 saturated heterocycles. The van der Waals surface area contributed by atoms with E-state index >= 15 is 0 Å². The zero-order valence-corrected chi connectivity index (χ0v) is 16.2. The highest BCUT2D eigenvalue weighted by atomic mass is 79.9. The highest BCUT2D eigenvalue weighted by molar-refractivity contribution is 9.10. The smallest absolute Gasteiger partial charge is 0.310 e. The van der Waals surface area contributed by atoms with Crippen molar-refractivity contribution in [1.29, 1.82) is 0 Å². The van der Waals surface area contributed by atoms with Crippen molar-refractivity contribution in [3.05, 3.63) is 62.0 Å². The van der Waals surface area contributed by atoms with E-state index in [1.807, 2.05) is 0 Å². The molecular formula is C17H13BrCl2N2O3. The summed E-state index contributed by atoms with van der Waals surface area (Å²) in [5, 5.41) is 4.54. The Labute approximate surface area is 163 Å². The van der Waals surface area contributed by atoms with Gasteiger partial charge in [0.25, 0.3) is 5.91 Å². The summed E-state index contributed by atoms with van der Waals surface area (Å²) in [7, 11) is 0. The topological polar surface area (TPSA) is 67.8 Å². The van der Waals surface area contributed by atoms with E-state index in [4.69, 9.17) is 27.9 Å². The van der Waals surface area contributed by atoms with E-state index in [1.165, 1.54) is 18.3 Å². The molecule has 0 heterocycles. The van der Waals surface area contributed by atoms with E-state index in [9.17, 15) is 9.59 Å². The Kier molecular flexibility index (Phi) is 6.99. The third-order valence-corrected chi connectivity index (χ3v) is 4.07. The third-order valence-electron chi connectivity index (χ3n) is 3.03. The first kappa shape index (κ1) is 19.4. The van der Waals surface area contributed by atoms with Crippen molar-refractivity contribution in [2.24, 2.45) is 5.10 Å². The minimum atomic E-state index is -0.486. The van der Waals surface area contributed by atoms with Gasteiger partial charge in [0.15, 0.2) is 0 Å². The first-order valence-electron chi connectivity index (χ1n) is 7.19. The molecule has 25 heavy (non-hydrogen) atoms. The number of benzene rings is 2. The van der Waals surface area contributed by atoms with Gasteiger partial charge >= 0.3 is 5.97 Å². The van der Waals surface area contributed by atoms with Gasteiger partial charge in [-0.25, -0.2) is 5.43 Å². The van der Waals surface area contributed by atoms with Crippen molar-refractivity contribution in [2.75, 3.05) is 0 Å². The molecule has 1 amide bonds. The standard InChI is InChI=1S/C17H13BrCl2N2O3/c1-2-16(23)25-15-6-3-11(18)7-10(15)9-21-22-17(24)13-5-4-12(19)8-14(13)20/h3-9H,2H2,1H3,(H,22,24)/b21-9+. The van der Waals surface area contributed by atoms with E-state index in [2.05, 4.69) is 26.5 Å². The molecule has 0 unspecified atom stereocenters. The molecule has 0 fully saturated rings. The van der Waals surface area contributed by atoms with Crippen LogP contribution in [0.1, 0.15) is 29.3 Å². The monoisotopic (exact) mass is 442 g/mol. The van der Waals surface area contributed by atoms with Crippen LogP contribution in [-0.2, 0) is 4.79 Å². The molecule has 5 nitrogen and oxygen atoms in total. The molecule has 0 saturated carbocycles. The number of hydrogen-bond acceptors (Lipinski definition) is 4. The highest BCUT2D eigenvalue weighted by Crippen LogP contribution is 2.23. The van der Waals surface area contributed by atoms with E-state index in [-0.39, 0.29) is 23.0 Å². The largest absolute Gasteiger partial charge is 0.426 e. The number of rotatable bonds is 5.